The molecule has 0 spiro atoms. The molecule has 2 aromatic rings. The quantitative estimate of drug-likeness (QED) is 0.790. The minimum atomic E-state index is 0.517. The van der Waals surface area contributed by atoms with E-state index in [-0.39, 0.29) is 0 Å². The van der Waals surface area contributed by atoms with E-state index in [0.717, 1.165) is 15.6 Å². The van der Waals surface area contributed by atoms with Gasteiger partial charge in [-0.3, -0.25) is 0 Å². The normalized spacial score (nSPS) is 10.2. The number of rotatable bonds is 3. The van der Waals surface area contributed by atoms with Gasteiger partial charge in [-0.25, -0.2) is 4.98 Å². The van der Waals surface area contributed by atoms with Crippen LogP contribution in [0.3, 0.4) is 0 Å². The highest BCUT2D eigenvalue weighted by molar-refractivity contribution is 9.10. The van der Waals surface area contributed by atoms with Crippen molar-refractivity contribution in [1.82, 2.24) is 10.3 Å². The maximum absolute atomic E-state index is 5.99. The molecule has 0 saturated carbocycles. The van der Waals surface area contributed by atoms with Crippen LogP contribution in [0.2, 0.25) is 5.02 Å². The lowest BCUT2D eigenvalue weighted by atomic mass is 10.2. The lowest BCUT2D eigenvalue weighted by Gasteiger charge is -2.12. The third-order valence-electron chi connectivity index (χ3n) is 2.73. The molecule has 0 aliphatic carbocycles. The predicted molar refractivity (Wildman–Crippen MR) is 91.2 cm³/mol. The Balaban J connectivity index is 1.97. The fourth-order valence-electron chi connectivity index (χ4n) is 1.57. The Labute approximate surface area is 136 Å². The summed E-state index contributed by atoms with van der Waals surface area (Å²) in [5.41, 5.74) is 2.09. The van der Waals surface area contributed by atoms with Crippen LogP contribution in [0.5, 0.6) is 0 Å². The number of benzene rings is 1. The molecular weight excluding hydrogens is 358 g/mol. The second kappa shape index (κ2) is 7.02. The van der Waals surface area contributed by atoms with Gasteiger partial charge in [0.15, 0.2) is 5.11 Å². The molecule has 2 N–H and O–H groups in total. The molecule has 1 aromatic heterocycles. The van der Waals surface area contributed by atoms with Crippen LogP contribution in [-0.4, -0.2) is 10.1 Å². The second-order valence-corrected chi connectivity index (χ2v) is 5.80. The molecule has 20 heavy (non-hydrogen) atoms. The van der Waals surface area contributed by atoms with Gasteiger partial charge in [0.25, 0.3) is 0 Å². The molecule has 0 atom stereocenters. The minimum absolute atomic E-state index is 0.517. The van der Waals surface area contributed by atoms with Gasteiger partial charge in [0.2, 0.25) is 0 Å². The first kappa shape index (κ1) is 15.2. The molecule has 0 saturated heterocycles. The standard InChI is InChI=1S/C14H13BrClN3S/c1-9-11(16)8-17-13(12(9)15)19-14(20)18-7-10-5-3-2-4-6-10/h2-6,8H,7H2,1H3,(H2,17,18,19,20). The maximum Gasteiger partial charge on any atom is 0.172 e. The first-order valence-corrected chi connectivity index (χ1v) is 7.55. The molecule has 1 heterocycles. The fourth-order valence-corrected chi connectivity index (χ4v) is 2.42. The number of hydrogen-bond donors (Lipinski definition) is 2. The van der Waals surface area contributed by atoms with Crippen LogP contribution in [-0.2, 0) is 6.54 Å². The van der Waals surface area contributed by atoms with E-state index in [4.69, 9.17) is 23.8 Å². The summed E-state index contributed by atoms with van der Waals surface area (Å²) in [5.74, 6) is 0.650. The van der Waals surface area contributed by atoms with Gasteiger partial charge in [0, 0.05) is 12.7 Å². The summed E-state index contributed by atoms with van der Waals surface area (Å²) in [6.45, 7) is 2.58. The van der Waals surface area contributed by atoms with Crippen LogP contribution in [0.15, 0.2) is 41.0 Å². The Morgan fingerprint density at radius 3 is 2.75 bits per heavy atom. The molecule has 0 radical (unpaired) electrons. The van der Waals surface area contributed by atoms with Crippen molar-refractivity contribution in [2.24, 2.45) is 0 Å². The van der Waals surface area contributed by atoms with Gasteiger partial charge in [-0.2, -0.15) is 0 Å². The highest BCUT2D eigenvalue weighted by Crippen LogP contribution is 2.28. The molecule has 3 nitrogen and oxygen atoms in total. The smallest absolute Gasteiger partial charge is 0.172 e. The Morgan fingerprint density at radius 1 is 1.35 bits per heavy atom. The van der Waals surface area contributed by atoms with Gasteiger partial charge >= 0.3 is 0 Å². The summed E-state index contributed by atoms with van der Waals surface area (Å²) in [6, 6.07) is 10.0. The molecule has 104 valence electrons. The van der Waals surface area contributed by atoms with Crippen molar-refractivity contribution < 1.29 is 0 Å². The van der Waals surface area contributed by atoms with Crippen molar-refractivity contribution in [3.8, 4) is 0 Å². The van der Waals surface area contributed by atoms with E-state index in [9.17, 15) is 0 Å². The Kier molecular flexibility index (Phi) is 5.34. The Bertz CT molecular complexity index is 619. The number of anilines is 1. The van der Waals surface area contributed by atoms with E-state index in [2.05, 4.69) is 31.5 Å². The van der Waals surface area contributed by atoms with Gasteiger partial charge in [0.05, 0.1) is 9.50 Å². The predicted octanol–water partition coefficient (Wildman–Crippen LogP) is 4.29. The summed E-state index contributed by atoms with van der Waals surface area (Å²) in [7, 11) is 0. The van der Waals surface area contributed by atoms with E-state index < -0.39 is 0 Å². The highest BCUT2D eigenvalue weighted by Gasteiger charge is 2.09. The van der Waals surface area contributed by atoms with Crippen molar-refractivity contribution >= 4 is 50.7 Å². The van der Waals surface area contributed by atoms with Crippen molar-refractivity contribution in [3.05, 3.63) is 57.2 Å². The maximum atomic E-state index is 5.99. The topological polar surface area (TPSA) is 37.0 Å². The SMILES string of the molecule is Cc1c(Cl)cnc(NC(=S)NCc2ccccc2)c1Br. The molecule has 0 amide bonds. The summed E-state index contributed by atoms with van der Waals surface area (Å²) in [5, 5.41) is 7.32. The molecule has 0 bridgehead atoms. The monoisotopic (exact) mass is 369 g/mol. The Hall–Kier alpha value is -1.17. The average Bonchev–Trinajstić information content (AvgIpc) is 2.47. The highest BCUT2D eigenvalue weighted by atomic mass is 79.9. The molecular formula is C14H13BrClN3S. The zero-order chi connectivity index (χ0) is 14.5. The fraction of sp³-hybridized carbons (Fsp3) is 0.143. The zero-order valence-electron chi connectivity index (χ0n) is 10.8. The number of pyridine rings is 1. The first-order valence-electron chi connectivity index (χ1n) is 5.97. The largest absolute Gasteiger partial charge is 0.358 e. The van der Waals surface area contributed by atoms with Gasteiger partial charge < -0.3 is 10.6 Å². The van der Waals surface area contributed by atoms with Crippen LogP contribution >= 0.6 is 39.7 Å². The first-order chi connectivity index (χ1) is 9.58. The van der Waals surface area contributed by atoms with E-state index in [1.807, 2.05) is 37.3 Å². The van der Waals surface area contributed by atoms with Crippen molar-refractivity contribution in [3.63, 3.8) is 0 Å². The lowest BCUT2D eigenvalue weighted by molar-refractivity contribution is 0.924. The zero-order valence-corrected chi connectivity index (χ0v) is 13.9. The van der Waals surface area contributed by atoms with E-state index in [0.29, 0.717) is 22.5 Å². The molecule has 1 aromatic carbocycles. The van der Waals surface area contributed by atoms with Gasteiger partial charge in [-0.05, 0) is 46.2 Å². The summed E-state index contributed by atoms with van der Waals surface area (Å²) >= 11 is 14.7. The average molecular weight is 371 g/mol. The summed E-state index contributed by atoms with van der Waals surface area (Å²) < 4.78 is 0.814. The molecule has 0 aliphatic rings. The number of halogens is 2. The number of hydrogen-bond acceptors (Lipinski definition) is 2. The van der Waals surface area contributed by atoms with Crippen molar-refractivity contribution in [2.45, 2.75) is 13.5 Å². The van der Waals surface area contributed by atoms with Gasteiger partial charge in [0.1, 0.15) is 5.82 Å². The van der Waals surface area contributed by atoms with Crippen LogP contribution in [0.4, 0.5) is 5.82 Å². The molecule has 2 rings (SSSR count). The third-order valence-corrected chi connectivity index (χ3v) is 4.33. The molecule has 0 unspecified atom stereocenters. The van der Waals surface area contributed by atoms with Gasteiger partial charge in [-0.15, -0.1) is 0 Å². The lowest BCUT2D eigenvalue weighted by Crippen LogP contribution is -2.28. The van der Waals surface area contributed by atoms with E-state index >= 15 is 0 Å². The summed E-state index contributed by atoms with van der Waals surface area (Å²) in [6.07, 6.45) is 1.60. The van der Waals surface area contributed by atoms with Crippen molar-refractivity contribution in [2.75, 3.05) is 5.32 Å². The molecule has 6 heteroatoms. The number of nitrogens with one attached hydrogen (secondary N) is 2. The molecule has 0 fully saturated rings. The summed E-state index contributed by atoms with van der Waals surface area (Å²) in [4.78, 5) is 4.22. The minimum Gasteiger partial charge on any atom is -0.358 e. The number of nitrogens with zero attached hydrogens (tertiary/aromatic N) is 1. The van der Waals surface area contributed by atoms with Crippen LogP contribution < -0.4 is 10.6 Å². The second-order valence-electron chi connectivity index (χ2n) is 4.19. The Morgan fingerprint density at radius 2 is 2.05 bits per heavy atom. The van der Waals surface area contributed by atoms with E-state index in [1.54, 1.807) is 6.20 Å². The van der Waals surface area contributed by atoms with Crippen LogP contribution in [0.25, 0.3) is 0 Å². The number of thiocarbonyl (C=S) groups is 1. The number of aromatic nitrogens is 1. The molecule has 0 aliphatic heterocycles. The van der Waals surface area contributed by atoms with Crippen LogP contribution in [0.1, 0.15) is 11.1 Å². The third kappa shape index (κ3) is 3.91. The van der Waals surface area contributed by atoms with Crippen molar-refractivity contribution in [1.29, 1.82) is 0 Å². The van der Waals surface area contributed by atoms with Crippen LogP contribution in [0, 0.1) is 6.92 Å². The van der Waals surface area contributed by atoms with Gasteiger partial charge in [-0.1, -0.05) is 41.9 Å². The van der Waals surface area contributed by atoms with E-state index in [1.165, 1.54) is 0 Å².